The normalized spacial score (nSPS) is 12.5. The first-order valence-corrected chi connectivity index (χ1v) is 12.7. The van der Waals surface area contributed by atoms with Crippen LogP contribution in [0, 0.1) is 13.8 Å². The third-order valence-corrected chi connectivity index (χ3v) is 7.80. The van der Waals surface area contributed by atoms with Gasteiger partial charge in [-0.1, -0.05) is 37.2 Å². The summed E-state index contributed by atoms with van der Waals surface area (Å²) in [5, 5.41) is 6.87. The highest BCUT2D eigenvalue weighted by Gasteiger charge is 2.22. The number of hydrogen-bond acceptors (Lipinski definition) is 6. The Kier molecular flexibility index (Phi) is 8.11. The Balaban J connectivity index is 1.66. The number of benzene rings is 2. The molecule has 0 bridgehead atoms. The van der Waals surface area contributed by atoms with Gasteiger partial charge in [0.1, 0.15) is 18.1 Å². The highest BCUT2D eigenvalue weighted by Crippen LogP contribution is 2.21. The molecular weight excluding hydrogens is 454 g/mol. The lowest BCUT2D eigenvalue weighted by Gasteiger charge is -2.19. The van der Waals surface area contributed by atoms with Gasteiger partial charge in [-0.3, -0.25) is 4.79 Å². The molecule has 0 aliphatic rings. The highest BCUT2D eigenvalue weighted by atomic mass is 32.2. The second-order valence-corrected chi connectivity index (χ2v) is 9.91. The number of aromatic nitrogens is 1. The molecule has 0 saturated carbocycles. The molecule has 0 aliphatic carbocycles. The van der Waals surface area contributed by atoms with E-state index in [-0.39, 0.29) is 16.8 Å². The molecule has 1 atom stereocenters. The Morgan fingerprint density at radius 3 is 2.38 bits per heavy atom. The van der Waals surface area contributed by atoms with Crippen molar-refractivity contribution >= 4 is 15.9 Å². The van der Waals surface area contributed by atoms with Crippen molar-refractivity contribution in [2.45, 2.75) is 52.2 Å². The van der Waals surface area contributed by atoms with Gasteiger partial charge in [0.15, 0.2) is 0 Å². The summed E-state index contributed by atoms with van der Waals surface area (Å²) in [6, 6.07) is 13.2. The number of ether oxygens (including phenoxy) is 1. The number of rotatable bonds is 10. The van der Waals surface area contributed by atoms with Crippen molar-refractivity contribution in [1.82, 2.24) is 14.8 Å². The van der Waals surface area contributed by atoms with Crippen LogP contribution in [0.5, 0.6) is 5.75 Å². The summed E-state index contributed by atoms with van der Waals surface area (Å²) in [4.78, 5) is 13.1. The van der Waals surface area contributed by atoms with Gasteiger partial charge in [-0.2, -0.15) is 4.31 Å². The third kappa shape index (κ3) is 5.66. The molecule has 0 unspecified atom stereocenters. The van der Waals surface area contributed by atoms with Gasteiger partial charge in [-0.25, -0.2) is 8.42 Å². The number of sulfonamides is 1. The standard InChI is InChI=1S/C25H31N3O5S/c1-6-28(7-2)34(30,31)23-13-11-20(12-14-23)17(3)26-25(29)21-9-8-10-22(15-21)32-16-24-18(4)27-33-19(24)5/h8-15,17H,6-7,16H2,1-5H3,(H,26,29)/t17-/m1/s1. The molecule has 182 valence electrons. The summed E-state index contributed by atoms with van der Waals surface area (Å²) < 4.78 is 37.7. The first kappa shape index (κ1) is 25.5. The van der Waals surface area contributed by atoms with Crippen LogP contribution < -0.4 is 10.1 Å². The lowest BCUT2D eigenvalue weighted by molar-refractivity contribution is 0.0939. The van der Waals surface area contributed by atoms with Crippen LogP contribution >= 0.6 is 0 Å². The molecule has 0 aliphatic heterocycles. The Morgan fingerprint density at radius 1 is 1.12 bits per heavy atom. The zero-order valence-corrected chi connectivity index (χ0v) is 21.0. The maximum absolute atomic E-state index is 12.8. The number of hydrogen-bond donors (Lipinski definition) is 1. The molecule has 0 radical (unpaired) electrons. The molecule has 3 rings (SSSR count). The quantitative estimate of drug-likeness (QED) is 0.457. The maximum Gasteiger partial charge on any atom is 0.251 e. The number of nitrogens with zero attached hydrogens (tertiary/aromatic N) is 2. The predicted octanol–water partition coefficient (Wildman–Crippen LogP) is 4.39. The molecule has 3 aromatic rings. The van der Waals surface area contributed by atoms with Crippen LogP contribution in [0.1, 0.15) is 59.8 Å². The van der Waals surface area contributed by atoms with Crippen LogP contribution in [0.25, 0.3) is 0 Å². The number of amides is 1. The molecule has 1 aromatic heterocycles. The van der Waals surface area contributed by atoms with Gasteiger partial charge in [-0.15, -0.1) is 0 Å². The van der Waals surface area contributed by atoms with E-state index >= 15 is 0 Å². The van der Waals surface area contributed by atoms with E-state index in [1.807, 2.05) is 34.6 Å². The van der Waals surface area contributed by atoms with Crippen molar-refractivity contribution in [2.24, 2.45) is 0 Å². The minimum Gasteiger partial charge on any atom is -0.489 e. The minimum atomic E-state index is -3.52. The number of aryl methyl sites for hydroxylation is 2. The van der Waals surface area contributed by atoms with E-state index in [2.05, 4.69) is 10.5 Å². The second kappa shape index (κ2) is 10.8. The van der Waals surface area contributed by atoms with Crippen molar-refractivity contribution in [1.29, 1.82) is 0 Å². The zero-order chi connectivity index (χ0) is 24.9. The van der Waals surface area contributed by atoms with Gasteiger partial charge in [-0.05, 0) is 56.7 Å². The number of carbonyl (C=O) groups is 1. The third-order valence-electron chi connectivity index (χ3n) is 5.73. The topological polar surface area (TPSA) is 102 Å². The molecule has 1 heterocycles. The van der Waals surface area contributed by atoms with Gasteiger partial charge < -0.3 is 14.6 Å². The summed E-state index contributed by atoms with van der Waals surface area (Å²) in [5.74, 6) is 1.01. The van der Waals surface area contributed by atoms with E-state index in [9.17, 15) is 13.2 Å². The molecule has 8 nitrogen and oxygen atoms in total. The van der Waals surface area contributed by atoms with Gasteiger partial charge in [0.05, 0.1) is 22.2 Å². The van der Waals surface area contributed by atoms with E-state index in [0.717, 1.165) is 16.8 Å². The van der Waals surface area contributed by atoms with E-state index in [0.29, 0.717) is 36.8 Å². The summed E-state index contributed by atoms with van der Waals surface area (Å²) in [6.07, 6.45) is 0. The van der Waals surface area contributed by atoms with Crippen LogP contribution in [0.15, 0.2) is 57.9 Å². The molecule has 34 heavy (non-hydrogen) atoms. The molecule has 9 heteroatoms. The van der Waals surface area contributed by atoms with Gasteiger partial charge in [0, 0.05) is 18.7 Å². The monoisotopic (exact) mass is 485 g/mol. The minimum absolute atomic E-state index is 0.238. The Morgan fingerprint density at radius 2 is 1.79 bits per heavy atom. The van der Waals surface area contributed by atoms with Crippen molar-refractivity contribution in [3.8, 4) is 5.75 Å². The fourth-order valence-corrected chi connectivity index (χ4v) is 5.05. The van der Waals surface area contributed by atoms with Gasteiger partial charge in [0.2, 0.25) is 10.0 Å². The summed E-state index contributed by atoms with van der Waals surface area (Å²) in [5.41, 5.74) is 2.92. The summed E-state index contributed by atoms with van der Waals surface area (Å²) >= 11 is 0. The molecular formula is C25H31N3O5S. The highest BCUT2D eigenvalue weighted by molar-refractivity contribution is 7.89. The average Bonchev–Trinajstić information content (AvgIpc) is 3.15. The first-order chi connectivity index (χ1) is 16.2. The molecule has 1 N–H and O–H groups in total. The van der Waals surface area contributed by atoms with Gasteiger partial charge in [0.25, 0.3) is 5.91 Å². The van der Waals surface area contributed by atoms with E-state index < -0.39 is 10.0 Å². The largest absolute Gasteiger partial charge is 0.489 e. The zero-order valence-electron chi connectivity index (χ0n) is 20.2. The van der Waals surface area contributed by atoms with Crippen LogP contribution in [-0.2, 0) is 16.6 Å². The Bertz CT molecular complexity index is 1210. The predicted molar refractivity (Wildman–Crippen MR) is 129 cm³/mol. The van der Waals surface area contributed by atoms with Crippen molar-refractivity contribution in [2.75, 3.05) is 13.1 Å². The fraction of sp³-hybridized carbons (Fsp3) is 0.360. The first-order valence-electron chi connectivity index (χ1n) is 11.2. The molecule has 0 saturated heterocycles. The van der Waals surface area contributed by atoms with Crippen molar-refractivity contribution in [3.05, 3.63) is 76.7 Å². The SMILES string of the molecule is CCN(CC)S(=O)(=O)c1ccc([C@@H](C)NC(=O)c2cccc(OCc3c(C)noc3C)c2)cc1. The molecule has 1 amide bonds. The number of carbonyl (C=O) groups excluding carboxylic acids is 1. The van der Waals surface area contributed by atoms with E-state index in [1.165, 1.54) is 4.31 Å². The summed E-state index contributed by atoms with van der Waals surface area (Å²) in [6.45, 7) is 10.3. The number of nitrogens with one attached hydrogen (secondary N) is 1. The lowest BCUT2D eigenvalue weighted by atomic mass is 10.1. The van der Waals surface area contributed by atoms with Crippen LogP contribution in [-0.4, -0.2) is 36.9 Å². The van der Waals surface area contributed by atoms with Crippen LogP contribution in [0.2, 0.25) is 0 Å². The van der Waals surface area contributed by atoms with Crippen molar-refractivity contribution < 1.29 is 22.5 Å². The smallest absolute Gasteiger partial charge is 0.251 e. The van der Waals surface area contributed by atoms with E-state index in [1.54, 1.807) is 48.5 Å². The lowest BCUT2D eigenvalue weighted by Crippen LogP contribution is -2.30. The maximum atomic E-state index is 12.8. The Hall–Kier alpha value is -3.17. The molecule has 0 spiro atoms. The molecule has 2 aromatic carbocycles. The fourth-order valence-electron chi connectivity index (χ4n) is 3.59. The van der Waals surface area contributed by atoms with Crippen LogP contribution in [0.3, 0.4) is 0 Å². The molecule has 0 fully saturated rings. The average molecular weight is 486 g/mol. The Labute approximate surface area is 201 Å². The van der Waals surface area contributed by atoms with Crippen LogP contribution in [0.4, 0.5) is 0 Å². The summed E-state index contributed by atoms with van der Waals surface area (Å²) in [7, 11) is -3.52. The van der Waals surface area contributed by atoms with E-state index in [4.69, 9.17) is 9.26 Å². The van der Waals surface area contributed by atoms with Crippen molar-refractivity contribution in [3.63, 3.8) is 0 Å². The second-order valence-electron chi connectivity index (χ2n) is 7.97. The van der Waals surface area contributed by atoms with Gasteiger partial charge >= 0.3 is 0 Å².